The van der Waals surface area contributed by atoms with E-state index in [-0.39, 0.29) is 37.7 Å². The summed E-state index contributed by atoms with van der Waals surface area (Å²) in [6.45, 7) is 0.0672. The molecule has 168 valence electrons. The number of methoxy groups -OCH3 is 1. The smallest absolute Gasteiger partial charge is 0.337 e. The molecule has 0 saturated carbocycles. The summed E-state index contributed by atoms with van der Waals surface area (Å²) in [5, 5.41) is 20.3. The van der Waals surface area contributed by atoms with Gasteiger partial charge in [0.15, 0.2) is 0 Å². The molecule has 1 unspecified atom stereocenters. The zero-order chi connectivity index (χ0) is 23.3. The summed E-state index contributed by atoms with van der Waals surface area (Å²) in [6, 6.07) is 11.6. The Hall–Kier alpha value is -3.20. The Morgan fingerprint density at radius 1 is 1.03 bits per heavy atom. The molecular weight excluding hydrogens is 438 g/mol. The van der Waals surface area contributed by atoms with Gasteiger partial charge in [0.05, 0.1) is 44.1 Å². The lowest BCUT2D eigenvalue weighted by molar-refractivity contribution is -0.140. The van der Waals surface area contributed by atoms with Crippen molar-refractivity contribution in [3.63, 3.8) is 0 Å². The monoisotopic (exact) mass is 459 g/mol. The number of ether oxygens (including phenoxy) is 2. The fourth-order valence-electron chi connectivity index (χ4n) is 3.47. The molecule has 1 amide bonds. The summed E-state index contributed by atoms with van der Waals surface area (Å²) >= 11 is 5.91. The number of aliphatic hydroxyl groups excluding tert-OH is 2. The zero-order valence-electron chi connectivity index (χ0n) is 17.3. The van der Waals surface area contributed by atoms with Gasteiger partial charge in [0.25, 0.3) is 11.7 Å². The predicted octanol–water partition coefficient (Wildman–Crippen LogP) is 2.56. The number of Topliss-reactive ketones (excluding diaryl/α,β-unsaturated/α-hetero) is 1. The van der Waals surface area contributed by atoms with Crippen LogP contribution in [0.2, 0.25) is 5.02 Å². The number of rotatable bonds is 8. The summed E-state index contributed by atoms with van der Waals surface area (Å²) in [5.74, 6) is -2.47. The van der Waals surface area contributed by atoms with Crippen LogP contribution >= 0.6 is 11.6 Å². The molecule has 1 aliphatic heterocycles. The van der Waals surface area contributed by atoms with Crippen LogP contribution in [0.15, 0.2) is 54.1 Å². The molecule has 0 bridgehead atoms. The van der Waals surface area contributed by atoms with E-state index in [4.69, 9.17) is 26.2 Å². The van der Waals surface area contributed by atoms with E-state index in [9.17, 15) is 19.5 Å². The van der Waals surface area contributed by atoms with Crippen LogP contribution in [0.4, 0.5) is 0 Å². The van der Waals surface area contributed by atoms with Gasteiger partial charge in [-0.3, -0.25) is 9.59 Å². The number of hydrogen-bond donors (Lipinski definition) is 2. The molecule has 3 rings (SSSR count). The van der Waals surface area contributed by atoms with Gasteiger partial charge in [0, 0.05) is 17.1 Å². The Labute approximate surface area is 189 Å². The van der Waals surface area contributed by atoms with Crippen LogP contribution in [0.1, 0.15) is 27.5 Å². The number of carbonyl (C=O) groups excluding carboxylic acids is 3. The quantitative estimate of drug-likeness (QED) is 0.205. The van der Waals surface area contributed by atoms with Crippen molar-refractivity contribution in [1.82, 2.24) is 4.90 Å². The van der Waals surface area contributed by atoms with Gasteiger partial charge in [0.1, 0.15) is 5.76 Å². The molecule has 2 N–H and O–H groups in total. The standard InChI is InChI=1S/C23H22ClNO7/c1-31-23(30)16-4-2-14(3-5-16)19-18(20(27)15-6-8-17(24)9-7-15)21(28)22(29)25(19)10-12-32-13-11-26/h2-9,19,26-27H,10-13H2,1H3. The van der Waals surface area contributed by atoms with Crippen molar-refractivity contribution in [2.75, 3.05) is 33.5 Å². The maximum absolute atomic E-state index is 12.9. The van der Waals surface area contributed by atoms with Crippen LogP contribution in [0.3, 0.4) is 0 Å². The van der Waals surface area contributed by atoms with Crippen molar-refractivity contribution in [2.24, 2.45) is 0 Å². The lowest BCUT2D eigenvalue weighted by atomic mass is 9.94. The van der Waals surface area contributed by atoms with Crippen LogP contribution < -0.4 is 0 Å². The molecule has 0 spiro atoms. The Morgan fingerprint density at radius 3 is 2.25 bits per heavy atom. The van der Waals surface area contributed by atoms with Gasteiger partial charge < -0.3 is 24.6 Å². The Morgan fingerprint density at radius 2 is 1.66 bits per heavy atom. The van der Waals surface area contributed by atoms with Crippen molar-refractivity contribution in [2.45, 2.75) is 6.04 Å². The Kier molecular flexibility index (Phi) is 7.63. The first-order valence-corrected chi connectivity index (χ1v) is 10.2. The highest BCUT2D eigenvalue weighted by Gasteiger charge is 2.45. The van der Waals surface area contributed by atoms with E-state index in [1.54, 1.807) is 36.4 Å². The number of carbonyl (C=O) groups is 3. The molecule has 2 aromatic rings. The second-order valence-corrected chi connectivity index (χ2v) is 7.39. The second-order valence-electron chi connectivity index (χ2n) is 6.95. The molecule has 32 heavy (non-hydrogen) atoms. The van der Waals surface area contributed by atoms with E-state index in [0.29, 0.717) is 21.7 Å². The molecule has 1 atom stereocenters. The number of hydrogen-bond acceptors (Lipinski definition) is 7. The van der Waals surface area contributed by atoms with Crippen LogP contribution in [-0.4, -0.2) is 66.2 Å². The summed E-state index contributed by atoms with van der Waals surface area (Å²) < 4.78 is 9.97. The van der Waals surface area contributed by atoms with Gasteiger partial charge in [0.2, 0.25) is 0 Å². The van der Waals surface area contributed by atoms with E-state index >= 15 is 0 Å². The normalized spacial score (nSPS) is 17.6. The predicted molar refractivity (Wildman–Crippen MR) is 116 cm³/mol. The average molecular weight is 460 g/mol. The first-order valence-electron chi connectivity index (χ1n) is 9.80. The molecule has 8 nitrogen and oxygen atoms in total. The number of halogens is 1. The fourth-order valence-corrected chi connectivity index (χ4v) is 3.60. The third kappa shape index (κ3) is 4.83. The van der Waals surface area contributed by atoms with Crippen molar-refractivity contribution in [3.8, 4) is 0 Å². The fraction of sp³-hybridized carbons (Fsp3) is 0.261. The van der Waals surface area contributed by atoms with E-state index in [2.05, 4.69) is 0 Å². The van der Waals surface area contributed by atoms with Gasteiger partial charge in [-0.25, -0.2) is 4.79 Å². The number of likely N-dealkylation sites (tertiary alicyclic amines) is 1. The minimum Gasteiger partial charge on any atom is -0.507 e. The third-order valence-corrected chi connectivity index (χ3v) is 5.27. The van der Waals surface area contributed by atoms with E-state index in [0.717, 1.165) is 0 Å². The molecule has 2 aromatic carbocycles. The molecule has 0 radical (unpaired) electrons. The number of esters is 1. The topological polar surface area (TPSA) is 113 Å². The van der Waals surface area contributed by atoms with Crippen LogP contribution in [0, 0.1) is 0 Å². The molecule has 0 aromatic heterocycles. The second kappa shape index (κ2) is 10.4. The van der Waals surface area contributed by atoms with Gasteiger partial charge in [-0.2, -0.15) is 0 Å². The van der Waals surface area contributed by atoms with Crippen molar-refractivity contribution < 1.29 is 34.1 Å². The van der Waals surface area contributed by atoms with Crippen LogP contribution in [-0.2, 0) is 19.1 Å². The van der Waals surface area contributed by atoms with Crippen molar-refractivity contribution in [3.05, 3.63) is 75.8 Å². The molecule has 1 heterocycles. The molecule has 1 aliphatic rings. The lowest BCUT2D eigenvalue weighted by Crippen LogP contribution is -2.33. The van der Waals surface area contributed by atoms with Gasteiger partial charge in [-0.1, -0.05) is 23.7 Å². The molecular formula is C23H22ClNO7. The number of benzene rings is 2. The summed E-state index contributed by atoms with van der Waals surface area (Å²) in [4.78, 5) is 38.8. The molecule has 1 saturated heterocycles. The van der Waals surface area contributed by atoms with Crippen LogP contribution in [0.5, 0.6) is 0 Å². The Bertz CT molecular complexity index is 1030. The van der Waals surface area contributed by atoms with Crippen molar-refractivity contribution >= 4 is 35.0 Å². The average Bonchev–Trinajstić information content (AvgIpc) is 3.06. The molecule has 1 fully saturated rings. The Balaban J connectivity index is 2.06. The highest BCUT2D eigenvalue weighted by molar-refractivity contribution is 6.46. The lowest BCUT2D eigenvalue weighted by Gasteiger charge is -2.25. The highest BCUT2D eigenvalue weighted by Crippen LogP contribution is 2.39. The van der Waals surface area contributed by atoms with Gasteiger partial charge >= 0.3 is 5.97 Å². The van der Waals surface area contributed by atoms with E-state index < -0.39 is 23.7 Å². The summed E-state index contributed by atoms with van der Waals surface area (Å²) in [6.07, 6.45) is 0. The summed E-state index contributed by atoms with van der Waals surface area (Å²) in [7, 11) is 1.27. The van der Waals surface area contributed by atoms with Gasteiger partial charge in [-0.15, -0.1) is 0 Å². The van der Waals surface area contributed by atoms with Crippen molar-refractivity contribution in [1.29, 1.82) is 0 Å². The largest absolute Gasteiger partial charge is 0.507 e. The first-order chi connectivity index (χ1) is 15.4. The van der Waals surface area contributed by atoms with E-state index in [1.165, 1.54) is 24.1 Å². The number of aliphatic hydroxyl groups is 2. The maximum atomic E-state index is 12.9. The number of amides is 1. The van der Waals surface area contributed by atoms with Crippen LogP contribution in [0.25, 0.3) is 5.76 Å². The zero-order valence-corrected chi connectivity index (χ0v) is 18.0. The third-order valence-electron chi connectivity index (χ3n) is 5.02. The molecule has 9 heteroatoms. The minimum absolute atomic E-state index is 0.0609. The summed E-state index contributed by atoms with van der Waals surface area (Å²) in [5.41, 5.74) is 1.08. The van der Waals surface area contributed by atoms with E-state index in [1.807, 2.05) is 0 Å². The molecule has 0 aliphatic carbocycles. The SMILES string of the molecule is COC(=O)c1ccc(C2C(=C(O)c3ccc(Cl)cc3)C(=O)C(=O)N2CCOCCO)cc1. The number of nitrogens with zero attached hydrogens (tertiary/aromatic N) is 1. The maximum Gasteiger partial charge on any atom is 0.337 e. The highest BCUT2D eigenvalue weighted by atomic mass is 35.5. The first kappa shape index (κ1) is 23.5. The van der Waals surface area contributed by atoms with Gasteiger partial charge in [-0.05, 0) is 42.0 Å². The number of ketones is 1. The minimum atomic E-state index is -0.893.